The first-order valence-corrected chi connectivity index (χ1v) is 7.55. The van der Waals surface area contributed by atoms with Crippen LogP contribution in [0.15, 0.2) is 0 Å². The molecule has 0 bridgehead atoms. The second kappa shape index (κ2) is 4.22. The van der Waals surface area contributed by atoms with Crippen molar-refractivity contribution in [2.75, 3.05) is 13.1 Å². The lowest BCUT2D eigenvalue weighted by Gasteiger charge is -2.51. The van der Waals surface area contributed by atoms with Crippen molar-refractivity contribution >= 4 is 0 Å². The molecule has 96 valence electrons. The summed E-state index contributed by atoms with van der Waals surface area (Å²) in [7, 11) is 0. The van der Waals surface area contributed by atoms with Crippen LogP contribution < -0.4 is 10.8 Å². The minimum atomic E-state index is 0.518. The zero-order valence-electron chi connectivity index (χ0n) is 10.5. The smallest absolute Gasteiger partial charge is 0.0821 e. The van der Waals surface area contributed by atoms with E-state index in [0.717, 1.165) is 23.7 Å². The molecule has 4 rings (SSSR count). The van der Waals surface area contributed by atoms with Gasteiger partial charge in [0, 0.05) is 6.04 Å². The van der Waals surface area contributed by atoms with Gasteiger partial charge >= 0.3 is 0 Å². The van der Waals surface area contributed by atoms with Gasteiger partial charge in [-0.15, -0.1) is 0 Å². The Kier molecular flexibility index (Phi) is 2.67. The third-order valence-electron chi connectivity index (χ3n) is 5.82. The minimum absolute atomic E-state index is 0.518. The Labute approximate surface area is 104 Å². The topological polar surface area (TPSA) is 33.3 Å². The van der Waals surface area contributed by atoms with Gasteiger partial charge in [-0.3, -0.25) is 4.84 Å². The van der Waals surface area contributed by atoms with Crippen LogP contribution in [0.5, 0.6) is 0 Å². The Morgan fingerprint density at radius 1 is 0.882 bits per heavy atom. The molecular formula is C14H24N2O. The van der Waals surface area contributed by atoms with E-state index in [-0.39, 0.29) is 0 Å². The summed E-state index contributed by atoms with van der Waals surface area (Å²) in [6.07, 6.45) is 8.74. The molecule has 6 unspecified atom stereocenters. The predicted molar refractivity (Wildman–Crippen MR) is 66.3 cm³/mol. The van der Waals surface area contributed by atoms with Crippen LogP contribution in [0.3, 0.4) is 0 Å². The first kappa shape index (κ1) is 10.8. The molecule has 3 heteroatoms. The van der Waals surface area contributed by atoms with Gasteiger partial charge in [-0.2, -0.15) is 5.48 Å². The fourth-order valence-corrected chi connectivity index (χ4v) is 5.04. The maximum atomic E-state index is 5.93. The monoisotopic (exact) mass is 236 g/mol. The summed E-state index contributed by atoms with van der Waals surface area (Å²) in [5.74, 6) is 3.62. The highest BCUT2D eigenvalue weighted by molar-refractivity contribution is 5.01. The summed E-state index contributed by atoms with van der Waals surface area (Å²) >= 11 is 0. The molecule has 2 aliphatic heterocycles. The first-order chi connectivity index (χ1) is 8.43. The number of rotatable bonds is 0. The van der Waals surface area contributed by atoms with Gasteiger partial charge in [0.05, 0.1) is 6.10 Å². The largest absolute Gasteiger partial charge is 0.316 e. The molecule has 2 heterocycles. The summed E-state index contributed by atoms with van der Waals surface area (Å²) in [4.78, 5) is 5.93. The molecule has 6 atom stereocenters. The van der Waals surface area contributed by atoms with E-state index in [4.69, 9.17) is 4.84 Å². The van der Waals surface area contributed by atoms with Gasteiger partial charge in [-0.05, 0) is 62.4 Å². The Morgan fingerprint density at radius 2 is 1.82 bits per heavy atom. The summed E-state index contributed by atoms with van der Waals surface area (Å²) in [5, 5.41) is 3.62. The van der Waals surface area contributed by atoms with Crippen LogP contribution in [0.1, 0.15) is 38.5 Å². The molecular weight excluding hydrogens is 212 g/mol. The van der Waals surface area contributed by atoms with E-state index in [1.807, 2.05) is 0 Å². The molecule has 4 fully saturated rings. The van der Waals surface area contributed by atoms with Crippen molar-refractivity contribution in [2.24, 2.45) is 23.7 Å². The molecule has 2 aliphatic carbocycles. The standard InChI is InChI=1S/C14H24N2O/c1-2-4-13-10(3-1)14-11-8-15-7-9(11)5-6-12(14)16-17-13/h9-16H,1-8H2. The fraction of sp³-hybridized carbons (Fsp3) is 1.00. The second-order valence-electron chi connectivity index (χ2n) is 6.57. The predicted octanol–water partition coefficient (Wildman–Crippen LogP) is 1.69. The number of hydrogen-bond acceptors (Lipinski definition) is 3. The number of hydroxylamine groups is 1. The molecule has 0 aromatic heterocycles. The van der Waals surface area contributed by atoms with Gasteiger partial charge in [0.1, 0.15) is 0 Å². The number of hydrogen-bond donors (Lipinski definition) is 2. The molecule has 0 aromatic rings. The van der Waals surface area contributed by atoms with E-state index in [0.29, 0.717) is 12.1 Å². The van der Waals surface area contributed by atoms with Crippen molar-refractivity contribution in [2.45, 2.75) is 50.7 Å². The molecule has 2 N–H and O–H groups in total. The van der Waals surface area contributed by atoms with E-state index in [1.54, 1.807) is 0 Å². The molecule has 0 spiro atoms. The van der Waals surface area contributed by atoms with E-state index in [1.165, 1.54) is 51.6 Å². The molecule has 4 aliphatic rings. The molecule has 2 saturated carbocycles. The van der Waals surface area contributed by atoms with E-state index < -0.39 is 0 Å². The normalized spacial score (nSPS) is 53.6. The van der Waals surface area contributed by atoms with Crippen LogP contribution in [0, 0.1) is 23.7 Å². The lowest BCUT2D eigenvalue weighted by atomic mass is 9.62. The van der Waals surface area contributed by atoms with Gasteiger partial charge in [-0.25, -0.2) is 0 Å². The summed E-state index contributed by atoms with van der Waals surface area (Å²) < 4.78 is 0. The van der Waals surface area contributed by atoms with Gasteiger partial charge < -0.3 is 5.32 Å². The average molecular weight is 236 g/mol. The summed E-state index contributed by atoms with van der Waals surface area (Å²) in [5.41, 5.74) is 3.41. The van der Waals surface area contributed by atoms with Crippen LogP contribution in [-0.2, 0) is 4.84 Å². The molecule has 2 saturated heterocycles. The Morgan fingerprint density at radius 3 is 2.82 bits per heavy atom. The number of fused-ring (bicyclic) bond motifs is 5. The highest BCUT2D eigenvalue weighted by atomic mass is 16.7. The van der Waals surface area contributed by atoms with Gasteiger partial charge in [0.15, 0.2) is 0 Å². The molecule has 0 radical (unpaired) electrons. The van der Waals surface area contributed by atoms with Crippen molar-refractivity contribution in [1.29, 1.82) is 0 Å². The zero-order valence-corrected chi connectivity index (χ0v) is 10.5. The number of nitrogens with one attached hydrogen (secondary N) is 2. The molecule has 0 aromatic carbocycles. The minimum Gasteiger partial charge on any atom is -0.316 e. The van der Waals surface area contributed by atoms with E-state index in [2.05, 4.69) is 10.8 Å². The van der Waals surface area contributed by atoms with Gasteiger partial charge in [0.2, 0.25) is 0 Å². The fourth-order valence-electron chi connectivity index (χ4n) is 5.04. The molecule has 17 heavy (non-hydrogen) atoms. The first-order valence-electron chi connectivity index (χ1n) is 7.55. The van der Waals surface area contributed by atoms with Crippen molar-refractivity contribution in [3.05, 3.63) is 0 Å². The van der Waals surface area contributed by atoms with Crippen LogP contribution in [0.2, 0.25) is 0 Å². The Bertz CT molecular complexity index is 296. The maximum Gasteiger partial charge on any atom is 0.0821 e. The highest BCUT2D eigenvalue weighted by Gasteiger charge is 2.50. The van der Waals surface area contributed by atoms with Crippen molar-refractivity contribution in [3.63, 3.8) is 0 Å². The highest BCUT2D eigenvalue weighted by Crippen LogP contribution is 2.47. The SMILES string of the molecule is C1CCC2C(C1)ONC1CCC3CNCC3C12. The third-order valence-corrected chi connectivity index (χ3v) is 5.82. The lowest BCUT2D eigenvalue weighted by molar-refractivity contribution is -0.175. The van der Waals surface area contributed by atoms with Crippen molar-refractivity contribution in [1.82, 2.24) is 10.8 Å². The van der Waals surface area contributed by atoms with Gasteiger partial charge in [0.25, 0.3) is 0 Å². The lowest BCUT2D eigenvalue weighted by Crippen LogP contribution is -2.58. The quantitative estimate of drug-likeness (QED) is 0.671. The van der Waals surface area contributed by atoms with Crippen molar-refractivity contribution in [3.8, 4) is 0 Å². The third kappa shape index (κ3) is 1.66. The van der Waals surface area contributed by atoms with Crippen LogP contribution in [-0.4, -0.2) is 25.2 Å². The summed E-state index contributed by atoms with van der Waals surface area (Å²) in [6.45, 7) is 2.53. The molecule has 0 amide bonds. The molecule has 3 nitrogen and oxygen atoms in total. The summed E-state index contributed by atoms with van der Waals surface area (Å²) in [6, 6.07) is 0.649. The maximum absolute atomic E-state index is 5.93. The van der Waals surface area contributed by atoms with E-state index >= 15 is 0 Å². The van der Waals surface area contributed by atoms with Crippen LogP contribution in [0.4, 0.5) is 0 Å². The average Bonchev–Trinajstić information content (AvgIpc) is 2.86. The second-order valence-corrected chi connectivity index (χ2v) is 6.57. The Hall–Kier alpha value is -0.120. The zero-order chi connectivity index (χ0) is 11.2. The Balaban J connectivity index is 1.60. The van der Waals surface area contributed by atoms with Crippen LogP contribution >= 0.6 is 0 Å². The van der Waals surface area contributed by atoms with Crippen LogP contribution in [0.25, 0.3) is 0 Å². The van der Waals surface area contributed by atoms with Crippen molar-refractivity contribution < 1.29 is 4.84 Å². The van der Waals surface area contributed by atoms with E-state index in [9.17, 15) is 0 Å². The van der Waals surface area contributed by atoms with Gasteiger partial charge in [-0.1, -0.05) is 12.8 Å².